The molecule has 0 aromatic carbocycles. The van der Waals surface area contributed by atoms with Gasteiger partial charge in [0.25, 0.3) is 0 Å². The Hall–Kier alpha value is -2.02. The van der Waals surface area contributed by atoms with Gasteiger partial charge in [-0.05, 0) is 24.3 Å². The molecule has 3 aromatic heterocycles. The number of aryl methyl sites for hydroxylation is 1. The summed E-state index contributed by atoms with van der Waals surface area (Å²) in [6.45, 7) is 1.98. The lowest BCUT2D eigenvalue weighted by molar-refractivity contribution is 0.478. The van der Waals surface area contributed by atoms with E-state index >= 15 is 0 Å². The molecule has 0 bridgehead atoms. The first-order valence-corrected chi connectivity index (χ1v) is 7.98. The van der Waals surface area contributed by atoms with E-state index in [1.54, 1.807) is 24.0 Å². The topological polar surface area (TPSA) is 59.7 Å². The minimum Gasteiger partial charge on any atom is -0.355 e. The number of nitrogens with zero attached hydrogens (tertiary/aromatic N) is 6. The molecule has 6 nitrogen and oxygen atoms in total. The van der Waals surface area contributed by atoms with E-state index in [2.05, 4.69) is 36.5 Å². The monoisotopic (exact) mass is 300 g/mol. The zero-order valence-electron chi connectivity index (χ0n) is 11.8. The summed E-state index contributed by atoms with van der Waals surface area (Å²) >= 11 is 1.71. The third-order valence-electron chi connectivity index (χ3n) is 4.06. The van der Waals surface area contributed by atoms with Crippen molar-refractivity contribution >= 4 is 27.4 Å². The molecule has 108 valence electrons. The van der Waals surface area contributed by atoms with Crippen molar-refractivity contribution in [1.82, 2.24) is 24.7 Å². The van der Waals surface area contributed by atoms with Crippen LogP contribution in [0.2, 0.25) is 0 Å². The number of fused-ring (bicyclic) bond motifs is 1. The van der Waals surface area contributed by atoms with Crippen LogP contribution < -0.4 is 4.90 Å². The summed E-state index contributed by atoms with van der Waals surface area (Å²) in [5, 5.41) is 10.4. The Morgan fingerprint density at radius 2 is 2.29 bits per heavy atom. The molecule has 4 rings (SSSR count). The molecule has 1 unspecified atom stereocenters. The predicted octanol–water partition coefficient (Wildman–Crippen LogP) is 2.20. The lowest BCUT2D eigenvalue weighted by atomic mass is 9.97. The number of aromatic nitrogens is 5. The van der Waals surface area contributed by atoms with Gasteiger partial charge in [-0.2, -0.15) is 0 Å². The Labute approximate surface area is 126 Å². The van der Waals surface area contributed by atoms with Crippen LogP contribution in [0.5, 0.6) is 0 Å². The van der Waals surface area contributed by atoms with E-state index in [1.165, 1.54) is 4.70 Å². The van der Waals surface area contributed by atoms with Crippen molar-refractivity contribution in [3.63, 3.8) is 0 Å². The maximum absolute atomic E-state index is 4.52. The highest BCUT2D eigenvalue weighted by Gasteiger charge is 2.26. The molecular formula is C14H16N6S. The SMILES string of the molecule is Cn1cnnc1C1CCCN(c2ncnc3ccsc23)C1. The summed E-state index contributed by atoms with van der Waals surface area (Å²) in [4.78, 5) is 11.2. The smallest absolute Gasteiger partial charge is 0.150 e. The molecule has 1 fully saturated rings. The fraction of sp³-hybridized carbons (Fsp3) is 0.429. The molecule has 1 aliphatic rings. The first-order chi connectivity index (χ1) is 10.3. The van der Waals surface area contributed by atoms with Crippen molar-refractivity contribution in [2.24, 2.45) is 7.05 Å². The highest BCUT2D eigenvalue weighted by atomic mass is 32.1. The quantitative estimate of drug-likeness (QED) is 0.726. The molecule has 0 saturated carbocycles. The molecule has 3 aromatic rings. The van der Waals surface area contributed by atoms with Crippen LogP contribution in [0.15, 0.2) is 24.1 Å². The van der Waals surface area contributed by atoms with Crippen LogP contribution >= 0.6 is 11.3 Å². The highest BCUT2D eigenvalue weighted by Crippen LogP contribution is 2.33. The molecule has 0 spiro atoms. The van der Waals surface area contributed by atoms with Gasteiger partial charge in [0.2, 0.25) is 0 Å². The van der Waals surface area contributed by atoms with Gasteiger partial charge in [-0.3, -0.25) is 0 Å². The minimum absolute atomic E-state index is 0.413. The first kappa shape index (κ1) is 12.7. The van der Waals surface area contributed by atoms with Gasteiger partial charge < -0.3 is 9.47 Å². The summed E-state index contributed by atoms with van der Waals surface area (Å²) in [6, 6.07) is 2.05. The number of hydrogen-bond acceptors (Lipinski definition) is 6. The predicted molar refractivity (Wildman–Crippen MR) is 82.6 cm³/mol. The van der Waals surface area contributed by atoms with E-state index in [4.69, 9.17) is 0 Å². The van der Waals surface area contributed by atoms with Crippen molar-refractivity contribution in [3.05, 3.63) is 29.9 Å². The Morgan fingerprint density at radius 3 is 3.14 bits per heavy atom. The van der Waals surface area contributed by atoms with Crippen LogP contribution in [0.3, 0.4) is 0 Å². The minimum atomic E-state index is 0.413. The van der Waals surface area contributed by atoms with E-state index < -0.39 is 0 Å². The average molecular weight is 300 g/mol. The lowest BCUT2D eigenvalue weighted by Gasteiger charge is -2.33. The second kappa shape index (κ2) is 5.07. The third-order valence-corrected chi connectivity index (χ3v) is 4.96. The fourth-order valence-electron chi connectivity index (χ4n) is 3.04. The zero-order valence-corrected chi connectivity index (χ0v) is 12.6. The first-order valence-electron chi connectivity index (χ1n) is 7.10. The second-order valence-electron chi connectivity index (χ2n) is 5.42. The fourth-order valence-corrected chi connectivity index (χ4v) is 3.90. The Kier molecular flexibility index (Phi) is 3.07. The summed E-state index contributed by atoms with van der Waals surface area (Å²) in [7, 11) is 2.01. The van der Waals surface area contributed by atoms with Crippen LogP contribution in [0.25, 0.3) is 10.2 Å². The molecule has 0 radical (unpaired) electrons. The van der Waals surface area contributed by atoms with Gasteiger partial charge in [0.1, 0.15) is 24.3 Å². The van der Waals surface area contributed by atoms with Crippen LogP contribution in [-0.4, -0.2) is 37.8 Å². The molecular weight excluding hydrogens is 284 g/mol. The van der Waals surface area contributed by atoms with Gasteiger partial charge in [0, 0.05) is 26.1 Å². The second-order valence-corrected chi connectivity index (χ2v) is 6.33. The summed E-state index contributed by atoms with van der Waals surface area (Å²) < 4.78 is 3.20. The molecule has 4 heterocycles. The number of hydrogen-bond donors (Lipinski definition) is 0. The van der Waals surface area contributed by atoms with Crippen LogP contribution in [0, 0.1) is 0 Å². The molecule has 0 N–H and O–H groups in total. The van der Waals surface area contributed by atoms with Gasteiger partial charge in [0.15, 0.2) is 0 Å². The van der Waals surface area contributed by atoms with E-state index in [9.17, 15) is 0 Å². The maximum atomic E-state index is 4.52. The van der Waals surface area contributed by atoms with Crippen LogP contribution in [-0.2, 0) is 7.05 Å². The van der Waals surface area contributed by atoms with Gasteiger partial charge in [-0.1, -0.05) is 0 Å². The van der Waals surface area contributed by atoms with Gasteiger partial charge in [0.05, 0.1) is 10.2 Å². The number of rotatable bonds is 2. The number of thiophene rings is 1. The van der Waals surface area contributed by atoms with Crippen molar-refractivity contribution in [2.45, 2.75) is 18.8 Å². The number of anilines is 1. The van der Waals surface area contributed by atoms with Crippen LogP contribution in [0.1, 0.15) is 24.6 Å². The van der Waals surface area contributed by atoms with Crippen molar-refractivity contribution in [3.8, 4) is 0 Å². The standard InChI is InChI=1S/C14H16N6S/c1-19-9-17-18-13(19)10-3-2-5-20(7-10)14-12-11(4-6-21-12)15-8-16-14/h4,6,8-10H,2-3,5,7H2,1H3. The van der Waals surface area contributed by atoms with E-state index in [1.807, 2.05) is 11.6 Å². The average Bonchev–Trinajstić information content (AvgIpc) is 3.15. The van der Waals surface area contributed by atoms with E-state index in [-0.39, 0.29) is 0 Å². The Balaban J connectivity index is 1.67. The largest absolute Gasteiger partial charge is 0.355 e. The van der Waals surface area contributed by atoms with Gasteiger partial charge >= 0.3 is 0 Å². The molecule has 1 saturated heterocycles. The van der Waals surface area contributed by atoms with Crippen molar-refractivity contribution in [2.75, 3.05) is 18.0 Å². The summed E-state index contributed by atoms with van der Waals surface area (Å²) in [6.07, 6.45) is 5.74. The summed E-state index contributed by atoms with van der Waals surface area (Å²) in [5.74, 6) is 2.54. The summed E-state index contributed by atoms with van der Waals surface area (Å²) in [5.41, 5.74) is 1.03. The van der Waals surface area contributed by atoms with E-state index in [0.717, 1.165) is 43.1 Å². The van der Waals surface area contributed by atoms with Gasteiger partial charge in [-0.15, -0.1) is 21.5 Å². The lowest BCUT2D eigenvalue weighted by Crippen LogP contribution is -2.35. The molecule has 7 heteroatoms. The Morgan fingerprint density at radius 1 is 1.33 bits per heavy atom. The highest BCUT2D eigenvalue weighted by molar-refractivity contribution is 7.17. The maximum Gasteiger partial charge on any atom is 0.150 e. The van der Waals surface area contributed by atoms with Crippen molar-refractivity contribution in [1.29, 1.82) is 0 Å². The third kappa shape index (κ3) is 2.17. The molecule has 1 atom stereocenters. The van der Waals surface area contributed by atoms with Crippen LogP contribution in [0.4, 0.5) is 5.82 Å². The van der Waals surface area contributed by atoms with E-state index in [0.29, 0.717) is 5.92 Å². The molecule has 0 aliphatic carbocycles. The van der Waals surface area contributed by atoms with Crippen molar-refractivity contribution < 1.29 is 0 Å². The van der Waals surface area contributed by atoms with Gasteiger partial charge in [-0.25, -0.2) is 9.97 Å². The molecule has 21 heavy (non-hydrogen) atoms. The number of piperidine rings is 1. The molecule has 0 amide bonds. The molecule has 1 aliphatic heterocycles. The Bertz CT molecular complexity index is 764. The zero-order chi connectivity index (χ0) is 14.2. The normalized spacial score (nSPS) is 19.3.